The molecule has 0 radical (unpaired) electrons. The number of halogens is 1. The van der Waals surface area contributed by atoms with E-state index in [0.717, 1.165) is 31.6 Å². The van der Waals surface area contributed by atoms with E-state index in [-0.39, 0.29) is 5.75 Å². The molecule has 0 saturated carbocycles. The number of hydrogen-bond acceptors (Lipinski definition) is 3. The van der Waals surface area contributed by atoms with E-state index in [2.05, 4.69) is 17.3 Å². The highest BCUT2D eigenvalue weighted by atomic mass is 19.1. The molecule has 0 spiro atoms. The molecule has 0 amide bonds. The molecule has 0 aromatic heterocycles. The molecular weight excluding hydrogens is 207 g/mol. The Morgan fingerprint density at radius 1 is 1.38 bits per heavy atom. The maximum absolute atomic E-state index is 13.1. The van der Waals surface area contributed by atoms with Crippen LogP contribution in [0, 0.1) is 5.82 Å². The van der Waals surface area contributed by atoms with Gasteiger partial charge in [0.2, 0.25) is 0 Å². The molecule has 0 bridgehead atoms. The Labute approximate surface area is 94.9 Å². The van der Waals surface area contributed by atoms with E-state index in [0.29, 0.717) is 6.04 Å². The molecular formula is C12H17FN2O. The summed E-state index contributed by atoms with van der Waals surface area (Å²) in [4.78, 5) is 2.29. The molecule has 0 aliphatic carbocycles. The number of hydrogen-bond donors (Lipinski definition) is 2. The summed E-state index contributed by atoms with van der Waals surface area (Å²) in [7, 11) is 2.11. The van der Waals surface area contributed by atoms with Gasteiger partial charge in [0.15, 0.2) is 11.6 Å². The summed E-state index contributed by atoms with van der Waals surface area (Å²) < 4.78 is 13.1. The van der Waals surface area contributed by atoms with Crippen LogP contribution in [0.2, 0.25) is 0 Å². The van der Waals surface area contributed by atoms with Crippen LogP contribution >= 0.6 is 0 Å². The summed E-state index contributed by atoms with van der Waals surface area (Å²) in [5.74, 6) is -0.869. The molecule has 2 N–H and O–H groups in total. The quantitative estimate of drug-likeness (QED) is 0.755. The van der Waals surface area contributed by atoms with Crippen molar-refractivity contribution in [2.75, 3.05) is 25.5 Å². The predicted octanol–water partition coefficient (Wildman–Crippen LogP) is 2.04. The van der Waals surface area contributed by atoms with Gasteiger partial charge in [-0.1, -0.05) is 0 Å². The number of rotatable bonds is 2. The predicted molar refractivity (Wildman–Crippen MR) is 62.2 cm³/mol. The van der Waals surface area contributed by atoms with E-state index in [9.17, 15) is 4.39 Å². The van der Waals surface area contributed by atoms with E-state index < -0.39 is 5.82 Å². The molecule has 88 valence electrons. The molecule has 0 atom stereocenters. The van der Waals surface area contributed by atoms with Gasteiger partial charge >= 0.3 is 0 Å². The summed E-state index contributed by atoms with van der Waals surface area (Å²) in [6.07, 6.45) is 2.14. The number of phenolic OH excluding ortho intramolecular Hbond substituents is 1. The molecule has 2 rings (SSSR count). The van der Waals surface area contributed by atoms with Crippen LogP contribution in [0.1, 0.15) is 12.8 Å². The number of piperidine rings is 1. The molecule has 1 aliphatic heterocycles. The van der Waals surface area contributed by atoms with E-state index in [4.69, 9.17) is 5.11 Å². The average molecular weight is 224 g/mol. The minimum absolute atomic E-state index is 0.297. The zero-order valence-corrected chi connectivity index (χ0v) is 9.41. The molecule has 1 aromatic rings. The third kappa shape index (κ3) is 2.64. The zero-order chi connectivity index (χ0) is 11.5. The summed E-state index contributed by atoms with van der Waals surface area (Å²) in [6, 6.07) is 4.83. The Kier molecular flexibility index (Phi) is 3.29. The van der Waals surface area contributed by atoms with Crippen molar-refractivity contribution in [3.8, 4) is 5.75 Å². The second-order valence-corrected chi connectivity index (χ2v) is 4.39. The molecule has 16 heavy (non-hydrogen) atoms. The van der Waals surface area contributed by atoms with E-state index in [1.807, 2.05) is 0 Å². The standard InChI is InChI=1S/C12H17FN2O/c1-15-6-4-9(5-7-15)14-10-2-3-12(16)11(13)8-10/h2-3,8-9,14,16H,4-7H2,1H3. The van der Waals surface area contributed by atoms with Crippen LogP contribution in [0.4, 0.5) is 10.1 Å². The lowest BCUT2D eigenvalue weighted by molar-refractivity contribution is 0.264. The number of aromatic hydroxyl groups is 1. The van der Waals surface area contributed by atoms with Crippen LogP contribution in [0.25, 0.3) is 0 Å². The second-order valence-electron chi connectivity index (χ2n) is 4.39. The fourth-order valence-corrected chi connectivity index (χ4v) is 1.99. The molecule has 1 aliphatic rings. The third-order valence-corrected chi connectivity index (χ3v) is 3.04. The van der Waals surface area contributed by atoms with Crippen molar-refractivity contribution in [1.82, 2.24) is 4.90 Å². The van der Waals surface area contributed by atoms with Gasteiger partial charge in [-0.25, -0.2) is 4.39 Å². The molecule has 1 aromatic carbocycles. The highest BCUT2D eigenvalue weighted by molar-refractivity contribution is 5.47. The van der Waals surface area contributed by atoms with Gasteiger partial charge in [-0.2, -0.15) is 0 Å². The lowest BCUT2D eigenvalue weighted by atomic mass is 10.1. The number of nitrogens with zero attached hydrogens (tertiary/aromatic N) is 1. The summed E-state index contributed by atoms with van der Waals surface area (Å²) in [5.41, 5.74) is 0.741. The number of benzene rings is 1. The van der Waals surface area contributed by atoms with Crippen molar-refractivity contribution in [3.05, 3.63) is 24.0 Å². The van der Waals surface area contributed by atoms with Crippen molar-refractivity contribution in [1.29, 1.82) is 0 Å². The zero-order valence-electron chi connectivity index (χ0n) is 9.41. The highest BCUT2D eigenvalue weighted by Gasteiger charge is 2.16. The van der Waals surface area contributed by atoms with Crippen molar-refractivity contribution in [2.45, 2.75) is 18.9 Å². The largest absolute Gasteiger partial charge is 0.505 e. The van der Waals surface area contributed by atoms with Crippen LogP contribution in [-0.2, 0) is 0 Å². The molecule has 4 heteroatoms. The Hall–Kier alpha value is -1.29. The maximum atomic E-state index is 13.1. The molecule has 3 nitrogen and oxygen atoms in total. The lowest BCUT2D eigenvalue weighted by Gasteiger charge is -2.30. The fraction of sp³-hybridized carbons (Fsp3) is 0.500. The first-order chi connectivity index (χ1) is 7.65. The van der Waals surface area contributed by atoms with Gasteiger partial charge < -0.3 is 15.3 Å². The molecule has 1 fully saturated rings. The number of anilines is 1. The Balaban J connectivity index is 1.96. The summed E-state index contributed by atoms with van der Waals surface area (Å²) in [5, 5.41) is 12.4. The van der Waals surface area contributed by atoms with E-state index in [1.54, 1.807) is 6.07 Å². The monoisotopic (exact) mass is 224 g/mol. The van der Waals surface area contributed by atoms with Crippen LogP contribution in [0.3, 0.4) is 0 Å². The number of phenols is 1. The first-order valence-corrected chi connectivity index (χ1v) is 5.59. The van der Waals surface area contributed by atoms with Crippen LogP contribution < -0.4 is 5.32 Å². The van der Waals surface area contributed by atoms with Crippen molar-refractivity contribution in [3.63, 3.8) is 0 Å². The minimum Gasteiger partial charge on any atom is -0.505 e. The van der Waals surface area contributed by atoms with Gasteiger partial charge in [0.25, 0.3) is 0 Å². The van der Waals surface area contributed by atoms with E-state index in [1.165, 1.54) is 12.1 Å². The van der Waals surface area contributed by atoms with Gasteiger partial charge in [0, 0.05) is 17.8 Å². The summed E-state index contributed by atoms with van der Waals surface area (Å²) >= 11 is 0. The minimum atomic E-state index is -0.571. The van der Waals surface area contributed by atoms with E-state index >= 15 is 0 Å². The maximum Gasteiger partial charge on any atom is 0.166 e. The smallest absolute Gasteiger partial charge is 0.166 e. The normalized spacial score (nSPS) is 18.6. The highest BCUT2D eigenvalue weighted by Crippen LogP contribution is 2.21. The topological polar surface area (TPSA) is 35.5 Å². The van der Waals surface area contributed by atoms with Crippen LogP contribution in [0.15, 0.2) is 18.2 Å². The molecule has 1 heterocycles. The molecule has 0 unspecified atom stereocenters. The van der Waals surface area contributed by atoms with Gasteiger partial charge in [-0.3, -0.25) is 0 Å². The van der Waals surface area contributed by atoms with Crippen molar-refractivity contribution >= 4 is 5.69 Å². The number of likely N-dealkylation sites (tertiary alicyclic amines) is 1. The number of nitrogens with one attached hydrogen (secondary N) is 1. The van der Waals surface area contributed by atoms with Gasteiger partial charge in [-0.15, -0.1) is 0 Å². The van der Waals surface area contributed by atoms with Gasteiger partial charge in [0.05, 0.1) is 0 Å². The average Bonchev–Trinajstić information content (AvgIpc) is 2.27. The van der Waals surface area contributed by atoms with Crippen molar-refractivity contribution in [2.24, 2.45) is 0 Å². The Morgan fingerprint density at radius 2 is 2.06 bits per heavy atom. The Bertz CT molecular complexity index is 362. The third-order valence-electron chi connectivity index (χ3n) is 3.04. The first-order valence-electron chi connectivity index (χ1n) is 5.59. The van der Waals surface area contributed by atoms with Crippen molar-refractivity contribution < 1.29 is 9.50 Å². The van der Waals surface area contributed by atoms with Gasteiger partial charge in [-0.05, 0) is 45.1 Å². The Morgan fingerprint density at radius 3 is 2.69 bits per heavy atom. The fourth-order valence-electron chi connectivity index (χ4n) is 1.99. The second kappa shape index (κ2) is 4.70. The summed E-state index contributed by atoms with van der Waals surface area (Å²) in [6.45, 7) is 2.14. The van der Waals surface area contributed by atoms with Crippen LogP contribution in [-0.4, -0.2) is 36.2 Å². The first kappa shape index (κ1) is 11.2. The lowest BCUT2D eigenvalue weighted by Crippen LogP contribution is -2.36. The van der Waals surface area contributed by atoms with Crippen LogP contribution in [0.5, 0.6) is 5.75 Å². The van der Waals surface area contributed by atoms with Gasteiger partial charge in [0.1, 0.15) is 0 Å². The SMILES string of the molecule is CN1CCC(Nc2ccc(O)c(F)c2)CC1. The molecule has 1 saturated heterocycles.